The Labute approximate surface area is 74.3 Å². The van der Waals surface area contributed by atoms with Crippen molar-refractivity contribution >= 4 is 0 Å². The summed E-state index contributed by atoms with van der Waals surface area (Å²) in [5.74, 6) is 0. The van der Waals surface area contributed by atoms with Gasteiger partial charge in [0, 0.05) is 26.2 Å². The van der Waals surface area contributed by atoms with Crippen molar-refractivity contribution < 1.29 is 4.39 Å². The van der Waals surface area contributed by atoms with Crippen LogP contribution in [-0.4, -0.2) is 56.2 Å². The first kappa shape index (κ1) is 9.93. The summed E-state index contributed by atoms with van der Waals surface area (Å²) in [4.78, 5) is 4.77. The van der Waals surface area contributed by atoms with E-state index in [4.69, 9.17) is 0 Å². The molecular formula is C9H19FN2. The van der Waals surface area contributed by atoms with Crippen LogP contribution in [-0.2, 0) is 0 Å². The third kappa shape index (κ3) is 3.50. The molecule has 0 unspecified atom stereocenters. The number of hydrogen-bond acceptors (Lipinski definition) is 2. The minimum absolute atomic E-state index is 0.159. The van der Waals surface area contributed by atoms with Gasteiger partial charge in [0.1, 0.15) is 0 Å². The maximum atomic E-state index is 11.8. The van der Waals surface area contributed by atoms with Gasteiger partial charge in [0.05, 0.1) is 6.67 Å². The van der Waals surface area contributed by atoms with Gasteiger partial charge in [-0.25, -0.2) is 0 Å². The quantitative estimate of drug-likeness (QED) is 0.586. The van der Waals surface area contributed by atoms with Crippen LogP contribution in [0.4, 0.5) is 4.39 Å². The molecule has 0 bridgehead atoms. The van der Waals surface area contributed by atoms with Gasteiger partial charge >= 0.3 is 0 Å². The van der Waals surface area contributed by atoms with E-state index in [2.05, 4.69) is 16.8 Å². The molecule has 1 aliphatic heterocycles. The highest BCUT2D eigenvalue weighted by molar-refractivity contribution is 4.68. The fourth-order valence-electron chi connectivity index (χ4n) is 1.50. The second kappa shape index (κ2) is 5.49. The van der Waals surface area contributed by atoms with Gasteiger partial charge in [-0.3, -0.25) is 4.39 Å². The maximum Gasteiger partial charge on any atom is 0.0894 e. The van der Waals surface area contributed by atoms with Crippen molar-refractivity contribution in [1.29, 1.82) is 0 Å². The van der Waals surface area contributed by atoms with E-state index in [1.165, 1.54) is 0 Å². The number of alkyl halides is 1. The van der Waals surface area contributed by atoms with Crippen LogP contribution >= 0.6 is 0 Å². The van der Waals surface area contributed by atoms with Gasteiger partial charge in [-0.05, 0) is 26.4 Å². The SMILES string of the molecule is CN1CCN(CCCCF)CC1. The molecule has 0 spiro atoms. The minimum Gasteiger partial charge on any atom is -0.304 e. The highest BCUT2D eigenvalue weighted by atomic mass is 19.1. The fraction of sp³-hybridized carbons (Fsp3) is 1.00. The second-order valence-electron chi connectivity index (χ2n) is 3.54. The van der Waals surface area contributed by atoms with E-state index in [1.807, 2.05) is 0 Å². The highest BCUT2D eigenvalue weighted by Crippen LogP contribution is 2.01. The van der Waals surface area contributed by atoms with Gasteiger partial charge in [0.2, 0.25) is 0 Å². The van der Waals surface area contributed by atoms with E-state index in [0.29, 0.717) is 0 Å². The summed E-state index contributed by atoms with van der Waals surface area (Å²) in [5.41, 5.74) is 0. The van der Waals surface area contributed by atoms with E-state index in [9.17, 15) is 4.39 Å². The molecule has 72 valence electrons. The molecule has 0 amide bonds. The van der Waals surface area contributed by atoms with Crippen LogP contribution in [0.2, 0.25) is 0 Å². The zero-order valence-electron chi connectivity index (χ0n) is 7.93. The largest absolute Gasteiger partial charge is 0.304 e. The van der Waals surface area contributed by atoms with Crippen molar-refractivity contribution in [2.24, 2.45) is 0 Å². The number of likely N-dealkylation sites (N-methyl/N-ethyl adjacent to an activating group) is 1. The van der Waals surface area contributed by atoms with Crippen molar-refractivity contribution in [3.05, 3.63) is 0 Å². The van der Waals surface area contributed by atoms with Crippen molar-refractivity contribution in [1.82, 2.24) is 9.80 Å². The van der Waals surface area contributed by atoms with Crippen LogP contribution < -0.4 is 0 Å². The summed E-state index contributed by atoms with van der Waals surface area (Å²) in [7, 11) is 2.15. The zero-order valence-corrected chi connectivity index (χ0v) is 7.93. The molecule has 0 aromatic heterocycles. The van der Waals surface area contributed by atoms with E-state index >= 15 is 0 Å². The summed E-state index contributed by atoms with van der Waals surface area (Å²) in [5, 5.41) is 0. The lowest BCUT2D eigenvalue weighted by molar-refractivity contribution is 0.151. The van der Waals surface area contributed by atoms with E-state index in [0.717, 1.165) is 45.6 Å². The second-order valence-corrected chi connectivity index (χ2v) is 3.54. The molecule has 1 saturated heterocycles. The highest BCUT2D eigenvalue weighted by Gasteiger charge is 2.12. The van der Waals surface area contributed by atoms with Crippen molar-refractivity contribution in [3.63, 3.8) is 0 Å². The molecule has 0 N–H and O–H groups in total. The summed E-state index contributed by atoms with van der Waals surface area (Å²) < 4.78 is 11.8. The molecule has 0 atom stereocenters. The molecule has 0 aliphatic carbocycles. The summed E-state index contributed by atoms with van der Waals surface area (Å²) in [6.45, 7) is 5.56. The van der Waals surface area contributed by atoms with Crippen molar-refractivity contribution in [3.8, 4) is 0 Å². The molecule has 12 heavy (non-hydrogen) atoms. The van der Waals surface area contributed by atoms with Crippen molar-refractivity contribution in [2.75, 3.05) is 46.4 Å². The van der Waals surface area contributed by atoms with Crippen LogP contribution in [0.15, 0.2) is 0 Å². The van der Waals surface area contributed by atoms with Crippen LogP contribution in [0.5, 0.6) is 0 Å². The molecule has 0 aromatic rings. The zero-order chi connectivity index (χ0) is 8.81. The first-order valence-corrected chi connectivity index (χ1v) is 4.80. The summed E-state index contributed by atoms with van der Waals surface area (Å²) >= 11 is 0. The van der Waals surface area contributed by atoms with E-state index in [1.54, 1.807) is 0 Å². The molecule has 2 nitrogen and oxygen atoms in total. The molecule has 0 saturated carbocycles. The van der Waals surface area contributed by atoms with Crippen LogP contribution in [0.3, 0.4) is 0 Å². The van der Waals surface area contributed by atoms with Gasteiger partial charge < -0.3 is 9.80 Å². The predicted octanol–water partition coefficient (Wildman–Crippen LogP) is 0.983. The van der Waals surface area contributed by atoms with Crippen molar-refractivity contribution in [2.45, 2.75) is 12.8 Å². The number of hydrogen-bond donors (Lipinski definition) is 0. The summed E-state index contributed by atoms with van der Waals surface area (Å²) in [6.07, 6.45) is 1.74. The molecule has 1 rings (SSSR count). The Balaban J connectivity index is 2.01. The van der Waals surface area contributed by atoms with Gasteiger partial charge in [-0.15, -0.1) is 0 Å². The maximum absolute atomic E-state index is 11.8. The molecule has 0 aromatic carbocycles. The monoisotopic (exact) mass is 174 g/mol. The van der Waals surface area contributed by atoms with Gasteiger partial charge in [0.25, 0.3) is 0 Å². The van der Waals surface area contributed by atoms with E-state index in [-0.39, 0.29) is 6.67 Å². The summed E-state index contributed by atoms with van der Waals surface area (Å²) in [6, 6.07) is 0. The Hall–Kier alpha value is -0.150. The number of nitrogens with zero attached hydrogens (tertiary/aromatic N) is 2. The Bertz CT molecular complexity index is 111. The first-order valence-electron chi connectivity index (χ1n) is 4.80. The van der Waals surface area contributed by atoms with Gasteiger partial charge in [-0.2, -0.15) is 0 Å². The van der Waals surface area contributed by atoms with Crippen LogP contribution in [0.1, 0.15) is 12.8 Å². The van der Waals surface area contributed by atoms with E-state index < -0.39 is 0 Å². The molecule has 1 fully saturated rings. The average molecular weight is 174 g/mol. The smallest absolute Gasteiger partial charge is 0.0894 e. The molecule has 1 heterocycles. The predicted molar refractivity (Wildman–Crippen MR) is 49.1 cm³/mol. The number of unbranched alkanes of at least 4 members (excludes halogenated alkanes) is 1. The number of piperazine rings is 1. The Morgan fingerprint density at radius 2 is 1.75 bits per heavy atom. The number of halogens is 1. The third-order valence-corrected chi connectivity index (χ3v) is 2.45. The standard InChI is InChI=1S/C9H19FN2/c1-11-6-8-12(9-7-11)5-3-2-4-10/h2-9H2,1H3. The molecule has 3 heteroatoms. The lowest BCUT2D eigenvalue weighted by Gasteiger charge is -2.32. The first-order chi connectivity index (χ1) is 5.83. The Morgan fingerprint density at radius 3 is 2.33 bits per heavy atom. The van der Waals surface area contributed by atoms with Gasteiger partial charge in [0.15, 0.2) is 0 Å². The van der Waals surface area contributed by atoms with Gasteiger partial charge in [-0.1, -0.05) is 0 Å². The Morgan fingerprint density at radius 1 is 1.08 bits per heavy atom. The molecule has 0 radical (unpaired) electrons. The lowest BCUT2D eigenvalue weighted by Crippen LogP contribution is -2.44. The fourth-order valence-corrected chi connectivity index (χ4v) is 1.50. The lowest BCUT2D eigenvalue weighted by atomic mass is 10.2. The third-order valence-electron chi connectivity index (χ3n) is 2.45. The molecule has 1 aliphatic rings. The molecular weight excluding hydrogens is 155 g/mol. The number of rotatable bonds is 4. The normalized spacial score (nSPS) is 21.5. The Kier molecular flexibility index (Phi) is 4.54. The van der Waals surface area contributed by atoms with Crippen LogP contribution in [0.25, 0.3) is 0 Å². The van der Waals surface area contributed by atoms with Crippen LogP contribution in [0, 0.1) is 0 Å². The minimum atomic E-state index is -0.159. The average Bonchev–Trinajstić information content (AvgIpc) is 2.09. The topological polar surface area (TPSA) is 6.48 Å².